The van der Waals surface area contributed by atoms with Gasteiger partial charge in [0.2, 0.25) is 0 Å². The van der Waals surface area contributed by atoms with Crippen LogP contribution in [0.25, 0.3) is 11.3 Å². The lowest BCUT2D eigenvalue weighted by atomic mass is 10.0. The number of amides is 1. The van der Waals surface area contributed by atoms with Crippen molar-refractivity contribution in [2.75, 3.05) is 26.9 Å². The molecular weight excluding hydrogens is 320 g/mol. The van der Waals surface area contributed by atoms with Gasteiger partial charge in [0.25, 0.3) is 5.91 Å². The molecule has 1 saturated heterocycles. The van der Waals surface area contributed by atoms with E-state index in [1.54, 1.807) is 36.4 Å². The summed E-state index contributed by atoms with van der Waals surface area (Å²) in [5.74, 6) is 0.521. The fourth-order valence-corrected chi connectivity index (χ4v) is 3.10. The number of carbonyl (C=O) groups is 1. The molecule has 1 amide bonds. The Bertz CT molecular complexity index is 750. The lowest BCUT2D eigenvalue weighted by Gasteiger charge is -2.29. The summed E-state index contributed by atoms with van der Waals surface area (Å²) in [6, 6.07) is 10.6. The highest BCUT2D eigenvalue weighted by atomic mass is 16.5. The van der Waals surface area contributed by atoms with Crippen molar-refractivity contribution in [1.29, 1.82) is 0 Å². The molecule has 0 saturated carbocycles. The minimum Gasteiger partial charge on any atom is -0.494 e. The zero-order chi connectivity index (χ0) is 17.8. The Hall–Kier alpha value is -2.44. The van der Waals surface area contributed by atoms with Crippen LogP contribution in [0.1, 0.15) is 17.3 Å². The summed E-state index contributed by atoms with van der Waals surface area (Å²) < 4.78 is 10.6. The third-order valence-corrected chi connectivity index (χ3v) is 4.40. The molecule has 25 heavy (non-hydrogen) atoms. The van der Waals surface area contributed by atoms with Crippen LogP contribution in [0.3, 0.4) is 0 Å². The van der Waals surface area contributed by atoms with Crippen LogP contribution in [0.5, 0.6) is 5.75 Å². The Balaban J connectivity index is 1.91. The molecule has 1 aromatic carbocycles. The van der Waals surface area contributed by atoms with Gasteiger partial charge in [-0.15, -0.1) is 0 Å². The summed E-state index contributed by atoms with van der Waals surface area (Å²) in [7, 11) is 1.59. The number of ether oxygens (including phenoxy) is 2. The van der Waals surface area contributed by atoms with Gasteiger partial charge >= 0.3 is 0 Å². The van der Waals surface area contributed by atoms with Gasteiger partial charge in [-0.2, -0.15) is 0 Å². The van der Waals surface area contributed by atoms with E-state index in [-0.39, 0.29) is 18.6 Å². The molecule has 6 nitrogen and oxygen atoms in total. The highest BCUT2D eigenvalue weighted by Crippen LogP contribution is 2.28. The zero-order valence-electron chi connectivity index (χ0n) is 14.4. The van der Waals surface area contributed by atoms with Crippen molar-refractivity contribution in [3.63, 3.8) is 0 Å². The molecule has 132 valence electrons. The van der Waals surface area contributed by atoms with Gasteiger partial charge in [-0.05, 0) is 31.2 Å². The van der Waals surface area contributed by atoms with E-state index < -0.39 is 6.10 Å². The number of nitrogens with zero attached hydrogens (tertiary/aromatic N) is 2. The van der Waals surface area contributed by atoms with Crippen molar-refractivity contribution >= 4 is 5.91 Å². The quantitative estimate of drug-likeness (QED) is 0.900. The van der Waals surface area contributed by atoms with Gasteiger partial charge in [0.05, 0.1) is 32.5 Å². The molecule has 0 unspecified atom stereocenters. The lowest BCUT2D eigenvalue weighted by Crippen LogP contribution is -2.46. The minimum absolute atomic E-state index is 0.131. The number of aromatic nitrogens is 1. The van der Waals surface area contributed by atoms with Crippen molar-refractivity contribution in [3.05, 3.63) is 48.2 Å². The van der Waals surface area contributed by atoms with Crippen LogP contribution in [0.2, 0.25) is 0 Å². The first-order chi connectivity index (χ1) is 12.2. The van der Waals surface area contributed by atoms with Gasteiger partial charge in [-0.25, -0.2) is 0 Å². The maximum Gasteiger partial charge on any atom is 0.254 e. The van der Waals surface area contributed by atoms with Crippen molar-refractivity contribution in [2.24, 2.45) is 0 Å². The van der Waals surface area contributed by atoms with E-state index >= 15 is 0 Å². The van der Waals surface area contributed by atoms with Crippen LogP contribution in [0, 0.1) is 0 Å². The van der Waals surface area contributed by atoms with E-state index in [1.165, 1.54) is 0 Å². The number of methoxy groups -OCH3 is 1. The summed E-state index contributed by atoms with van der Waals surface area (Å²) >= 11 is 0. The second kappa shape index (κ2) is 7.63. The predicted molar refractivity (Wildman–Crippen MR) is 93.5 cm³/mol. The fraction of sp³-hybridized carbons (Fsp3) is 0.368. The Morgan fingerprint density at radius 1 is 1.36 bits per heavy atom. The maximum absolute atomic E-state index is 13.0. The van der Waals surface area contributed by atoms with Gasteiger partial charge < -0.3 is 19.5 Å². The number of rotatable bonds is 5. The van der Waals surface area contributed by atoms with Crippen LogP contribution in [0.15, 0.2) is 42.6 Å². The molecule has 1 N–H and O–H groups in total. The summed E-state index contributed by atoms with van der Waals surface area (Å²) in [6.07, 6.45) is 1.04. The standard InChI is InChI=1S/C19H22N2O4/c1-3-21(15-11-25-12-16(15)22)19(23)14-7-4-6-13(10-14)18-17(24-2)8-5-9-20-18/h4-10,15-16,22H,3,11-12H2,1-2H3/t15-,16-/m0/s1. The number of benzene rings is 1. The Morgan fingerprint density at radius 2 is 2.20 bits per heavy atom. The van der Waals surface area contributed by atoms with Crippen LogP contribution < -0.4 is 4.74 Å². The molecule has 0 aliphatic carbocycles. The molecule has 0 spiro atoms. The largest absolute Gasteiger partial charge is 0.494 e. The van der Waals surface area contributed by atoms with Gasteiger partial charge in [0.15, 0.2) is 0 Å². The smallest absolute Gasteiger partial charge is 0.254 e. The predicted octanol–water partition coefficient (Wildman–Crippen LogP) is 1.98. The number of carbonyl (C=O) groups excluding carboxylic acids is 1. The number of hydrogen-bond acceptors (Lipinski definition) is 5. The van der Waals surface area contributed by atoms with Gasteiger partial charge in [0, 0.05) is 23.9 Å². The first-order valence-electron chi connectivity index (χ1n) is 8.32. The van der Waals surface area contributed by atoms with Crippen LogP contribution in [0.4, 0.5) is 0 Å². The number of aliphatic hydroxyl groups excluding tert-OH is 1. The molecule has 0 bridgehead atoms. The molecule has 6 heteroatoms. The molecule has 3 rings (SSSR count). The van der Waals surface area contributed by atoms with Crippen molar-refractivity contribution < 1.29 is 19.4 Å². The topological polar surface area (TPSA) is 71.9 Å². The molecule has 1 aromatic heterocycles. The molecule has 0 radical (unpaired) electrons. The van der Waals surface area contributed by atoms with Crippen molar-refractivity contribution in [1.82, 2.24) is 9.88 Å². The van der Waals surface area contributed by atoms with E-state index in [0.29, 0.717) is 30.2 Å². The van der Waals surface area contributed by atoms with Crippen molar-refractivity contribution in [3.8, 4) is 17.0 Å². The highest BCUT2D eigenvalue weighted by Gasteiger charge is 2.34. The summed E-state index contributed by atoms with van der Waals surface area (Å²) in [5, 5.41) is 10.0. The first-order valence-corrected chi connectivity index (χ1v) is 8.32. The number of hydrogen-bond donors (Lipinski definition) is 1. The highest BCUT2D eigenvalue weighted by molar-refractivity contribution is 5.95. The van der Waals surface area contributed by atoms with Crippen molar-refractivity contribution in [2.45, 2.75) is 19.1 Å². The maximum atomic E-state index is 13.0. The van der Waals surface area contributed by atoms with Crippen LogP contribution >= 0.6 is 0 Å². The van der Waals surface area contributed by atoms with E-state index in [0.717, 1.165) is 5.56 Å². The Morgan fingerprint density at radius 3 is 2.88 bits per heavy atom. The Labute approximate surface area is 147 Å². The lowest BCUT2D eigenvalue weighted by molar-refractivity contribution is 0.0520. The third-order valence-electron chi connectivity index (χ3n) is 4.40. The summed E-state index contributed by atoms with van der Waals surface area (Å²) in [5.41, 5.74) is 2.04. The van der Waals surface area contributed by atoms with E-state index in [4.69, 9.17) is 9.47 Å². The van der Waals surface area contributed by atoms with E-state index in [1.807, 2.05) is 25.1 Å². The first kappa shape index (κ1) is 17.4. The van der Waals surface area contributed by atoms with E-state index in [2.05, 4.69) is 4.98 Å². The van der Waals surface area contributed by atoms with E-state index in [9.17, 15) is 9.90 Å². The molecule has 2 heterocycles. The summed E-state index contributed by atoms with van der Waals surface area (Å²) in [6.45, 7) is 3.02. The molecule has 1 aliphatic rings. The SMILES string of the molecule is CCN(C(=O)c1cccc(-c2ncccc2OC)c1)[C@H]1COC[C@@H]1O. The molecule has 1 aliphatic heterocycles. The molecule has 1 fully saturated rings. The van der Waals surface area contributed by atoms with Gasteiger partial charge in [0.1, 0.15) is 11.4 Å². The third kappa shape index (κ3) is 3.50. The van der Waals surface area contributed by atoms with Crippen LogP contribution in [-0.4, -0.2) is 59.9 Å². The second-order valence-corrected chi connectivity index (χ2v) is 5.90. The zero-order valence-corrected chi connectivity index (χ0v) is 14.4. The Kier molecular flexibility index (Phi) is 5.31. The second-order valence-electron chi connectivity index (χ2n) is 5.90. The fourth-order valence-electron chi connectivity index (χ4n) is 3.10. The van der Waals surface area contributed by atoms with Gasteiger partial charge in [-0.3, -0.25) is 9.78 Å². The average molecular weight is 342 g/mol. The minimum atomic E-state index is -0.650. The number of aliphatic hydroxyl groups is 1. The molecule has 2 atom stereocenters. The molecular formula is C19H22N2O4. The average Bonchev–Trinajstić information content (AvgIpc) is 3.08. The van der Waals surface area contributed by atoms with Crippen LogP contribution in [-0.2, 0) is 4.74 Å². The number of pyridine rings is 1. The summed E-state index contributed by atoms with van der Waals surface area (Å²) in [4.78, 5) is 19.0. The monoisotopic (exact) mass is 342 g/mol. The number of likely N-dealkylation sites (N-methyl/N-ethyl adjacent to an activating group) is 1. The van der Waals surface area contributed by atoms with Gasteiger partial charge in [-0.1, -0.05) is 12.1 Å². The normalized spacial score (nSPS) is 19.6. The molecule has 2 aromatic rings.